The third kappa shape index (κ3) is 2.04. The lowest BCUT2D eigenvalue weighted by atomic mass is 10.2. The van der Waals surface area contributed by atoms with Gasteiger partial charge >= 0.3 is 5.97 Å². The van der Waals surface area contributed by atoms with Crippen LogP contribution in [0.4, 0.5) is 4.53 Å². The summed E-state index contributed by atoms with van der Waals surface area (Å²) in [6.45, 7) is 6.14. The van der Waals surface area contributed by atoms with E-state index in [-0.39, 0.29) is 5.69 Å². The molecule has 0 bridgehead atoms. The summed E-state index contributed by atoms with van der Waals surface area (Å²) in [5.41, 5.74) is 1.24. The van der Waals surface area contributed by atoms with Gasteiger partial charge in [-0.1, -0.05) is 6.58 Å². The van der Waals surface area contributed by atoms with Crippen molar-refractivity contribution in [1.29, 1.82) is 0 Å². The summed E-state index contributed by atoms with van der Waals surface area (Å²) >= 11 is 0. The lowest BCUT2D eigenvalue weighted by molar-refractivity contribution is -0.0794. The maximum Gasteiger partial charge on any atom is 0.397 e. The number of carbonyl (C=O) groups is 1. The second-order valence-electron chi connectivity index (χ2n) is 3.51. The molecule has 0 N–H and O–H groups in total. The summed E-state index contributed by atoms with van der Waals surface area (Å²) in [5, 5.41) is 0. The van der Waals surface area contributed by atoms with Gasteiger partial charge in [0.15, 0.2) is 5.69 Å². The third-order valence-corrected chi connectivity index (χ3v) is 2.43. The Morgan fingerprint density at radius 2 is 2.39 bits per heavy atom. The number of imidazole rings is 1. The first-order chi connectivity index (χ1) is 8.67. The molecule has 2 heterocycles. The molecular formula is C12H11FN2O3. The maximum absolute atomic E-state index is 11.9. The molecule has 2 rings (SSSR count). The number of fused-ring (bicyclic) bond motifs is 1. The van der Waals surface area contributed by atoms with E-state index in [9.17, 15) is 9.32 Å². The van der Waals surface area contributed by atoms with Crippen LogP contribution in [-0.2, 0) is 9.68 Å². The Balaban J connectivity index is 2.42. The van der Waals surface area contributed by atoms with Crippen LogP contribution < -0.4 is 0 Å². The maximum atomic E-state index is 11.9. The zero-order valence-corrected chi connectivity index (χ0v) is 9.72. The topological polar surface area (TPSA) is 52.8 Å². The van der Waals surface area contributed by atoms with Gasteiger partial charge in [0, 0.05) is 16.3 Å². The Morgan fingerprint density at radius 1 is 1.61 bits per heavy atom. The van der Waals surface area contributed by atoms with Gasteiger partial charge < -0.3 is 4.74 Å². The van der Waals surface area contributed by atoms with Crippen molar-refractivity contribution >= 4 is 17.4 Å². The first-order valence-electron chi connectivity index (χ1n) is 5.29. The predicted molar refractivity (Wildman–Crippen MR) is 62.4 cm³/mol. The van der Waals surface area contributed by atoms with Gasteiger partial charge in [-0.05, 0) is 19.1 Å². The highest BCUT2D eigenvalue weighted by atomic mass is 19.3. The molecule has 0 unspecified atom stereocenters. The van der Waals surface area contributed by atoms with Crippen molar-refractivity contribution in [2.45, 2.75) is 6.92 Å². The number of halogens is 1. The minimum atomic E-state index is -1.08. The van der Waals surface area contributed by atoms with Crippen molar-refractivity contribution in [3.8, 4) is 0 Å². The minimum absolute atomic E-state index is 0.0149. The standard InChI is InChI=1S/C12H11FN2O3/c1-3-17-8(2)9-4-5-15-10(12(16)18-13)7-14-11(15)6-9/h4-7H,2-3H2,1H3. The van der Waals surface area contributed by atoms with Gasteiger partial charge in [0.2, 0.25) is 0 Å². The normalized spacial score (nSPS) is 10.3. The second kappa shape index (κ2) is 4.87. The molecule has 0 aliphatic heterocycles. The largest absolute Gasteiger partial charge is 0.494 e. The summed E-state index contributed by atoms with van der Waals surface area (Å²) < 4.78 is 18.6. The van der Waals surface area contributed by atoms with Crippen LogP contribution in [0.15, 0.2) is 31.1 Å². The summed E-state index contributed by atoms with van der Waals surface area (Å²) in [7, 11) is 0. The lowest BCUT2D eigenvalue weighted by Crippen LogP contribution is -2.03. The third-order valence-electron chi connectivity index (χ3n) is 2.43. The first kappa shape index (κ1) is 12.1. The van der Waals surface area contributed by atoms with E-state index in [1.807, 2.05) is 6.92 Å². The monoisotopic (exact) mass is 250 g/mol. The molecule has 2 aromatic rings. The van der Waals surface area contributed by atoms with Crippen LogP contribution in [0.1, 0.15) is 23.0 Å². The van der Waals surface area contributed by atoms with E-state index in [4.69, 9.17) is 4.74 Å². The average Bonchev–Trinajstić information content (AvgIpc) is 2.81. The highest BCUT2D eigenvalue weighted by molar-refractivity contribution is 5.88. The van der Waals surface area contributed by atoms with E-state index in [1.165, 1.54) is 10.6 Å². The van der Waals surface area contributed by atoms with Crippen molar-refractivity contribution in [1.82, 2.24) is 9.38 Å². The van der Waals surface area contributed by atoms with Crippen LogP contribution in [0, 0.1) is 0 Å². The molecular weight excluding hydrogens is 239 g/mol. The van der Waals surface area contributed by atoms with Crippen molar-refractivity contribution in [2.75, 3.05) is 6.61 Å². The van der Waals surface area contributed by atoms with Gasteiger partial charge in [-0.3, -0.25) is 4.40 Å². The van der Waals surface area contributed by atoms with E-state index in [0.717, 1.165) is 5.56 Å². The van der Waals surface area contributed by atoms with Gasteiger partial charge in [0.1, 0.15) is 11.4 Å². The van der Waals surface area contributed by atoms with E-state index in [1.54, 1.807) is 18.3 Å². The van der Waals surface area contributed by atoms with Crippen molar-refractivity contribution < 1.29 is 19.0 Å². The molecule has 0 saturated heterocycles. The number of hydrogen-bond acceptors (Lipinski definition) is 4. The van der Waals surface area contributed by atoms with Crippen LogP contribution in [0.25, 0.3) is 11.4 Å². The van der Waals surface area contributed by atoms with Crippen molar-refractivity contribution in [2.24, 2.45) is 0 Å². The van der Waals surface area contributed by atoms with E-state index in [0.29, 0.717) is 18.0 Å². The zero-order chi connectivity index (χ0) is 13.1. The van der Waals surface area contributed by atoms with Crippen LogP contribution in [0.3, 0.4) is 0 Å². The minimum Gasteiger partial charge on any atom is -0.494 e. The van der Waals surface area contributed by atoms with Crippen LogP contribution in [-0.4, -0.2) is 22.0 Å². The van der Waals surface area contributed by atoms with Gasteiger partial charge in [0.25, 0.3) is 0 Å². The van der Waals surface area contributed by atoms with Gasteiger partial charge in [-0.25, -0.2) is 14.7 Å². The summed E-state index contributed by atoms with van der Waals surface area (Å²) in [5.74, 6) is -0.573. The molecule has 5 nitrogen and oxygen atoms in total. The molecule has 0 radical (unpaired) electrons. The smallest absolute Gasteiger partial charge is 0.397 e. The fourth-order valence-electron chi connectivity index (χ4n) is 1.60. The SMILES string of the molecule is C=C(OCC)c1ccn2c(C(=O)OF)cnc2c1. The second-order valence-corrected chi connectivity index (χ2v) is 3.51. The van der Waals surface area contributed by atoms with E-state index >= 15 is 0 Å². The first-order valence-corrected chi connectivity index (χ1v) is 5.29. The number of carbonyl (C=O) groups excluding carboxylic acids is 1. The fourth-order valence-corrected chi connectivity index (χ4v) is 1.60. The molecule has 0 amide bonds. The number of hydrogen-bond donors (Lipinski definition) is 0. The molecule has 18 heavy (non-hydrogen) atoms. The Labute approximate surface area is 102 Å². The van der Waals surface area contributed by atoms with E-state index in [2.05, 4.69) is 16.5 Å². The molecule has 6 heteroatoms. The molecule has 94 valence electrons. The van der Waals surface area contributed by atoms with Crippen LogP contribution in [0.2, 0.25) is 0 Å². The molecule has 2 aromatic heterocycles. The Morgan fingerprint density at radius 3 is 3.06 bits per heavy atom. The lowest BCUT2D eigenvalue weighted by Gasteiger charge is -2.07. The highest BCUT2D eigenvalue weighted by Crippen LogP contribution is 2.17. The molecule has 0 spiro atoms. The highest BCUT2D eigenvalue weighted by Gasteiger charge is 2.14. The molecule has 0 aliphatic carbocycles. The van der Waals surface area contributed by atoms with Crippen molar-refractivity contribution in [3.63, 3.8) is 0 Å². The Hall–Kier alpha value is -2.37. The zero-order valence-electron chi connectivity index (χ0n) is 9.72. The van der Waals surface area contributed by atoms with Gasteiger partial charge in [-0.15, -0.1) is 0 Å². The molecule has 0 atom stereocenters. The quantitative estimate of drug-likeness (QED) is 0.782. The van der Waals surface area contributed by atoms with Crippen molar-refractivity contribution in [3.05, 3.63) is 42.4 Å². The fraction of sp³-hybridized carbons (Fsp3) is 0.167. The number of aromatic nitrogens is 2. The summed E-state index contributed by atoms with van der Waals surface area (Å²) in [4.78, 5) is 18.3. The number of nitrogens with zero attached hydrogens (tertiary/aromatic N) is 2. The Bertz CT molecular complexity index is 606. The molecule has 0 saturated carbocycles. The van der Waals surface area contributed by atoms with Gasteiger partial charge in [0.05, 0.1) is 12.8 Å². The van der Waals surface area contributed by atoms with Crippen LogP contribution >= 0.6 is 0 Å². The molecule has 0 aliphatic rings. The van der Waals surface area contributed by atoms with Crippen LogP contribution in [0.5, 0.6) is 0 Å². The van der Waals surface area contributed by atoms with Gasteiger partial charge in [-0.2, -0.15) is 0 Å². The summed E-state index contributed by atoms with van der Waals surface area (Å²) in [6, 6.07) is 3.38. The molecule has 0 fully saturated rings. The Kier molecular flexibility index (Phi) is 3.27. The molecule has 0 aromatic carbocycles. The summed E-state index contributed by atoms with van der Waals surface area (Å²) in [6.07, 6.45) is 2.82. The average molecular weight is 250 g/mol. The number of pyridine rings is 1. The number of ether oxygens (including phenoxy) is 1. The van der Waals surface area contributed by atoms with E-state index < -0.39 is 5.97 Å². The predicted octanol–water partition coefficient (Wildman–Crippen LogP) is 2.38. The number of rotatable bonds is 4.